The maximum absolute atomic E-state index is 10.9. The van der Waals surface area contributed by atoms with Crippen LogP contribution in [-0.2, 0) is 9.84 Å². The molecule has 0 spiro atoms. The van der Waals surface area contributed by atoms with Crippen molar-refractivity contribution in [2.24, 2.45) is 0 Å². The van der Waals surface area contributed by atoms with Crippen molar-refractivity contribution in [3.8, 4) is 0 Å². The number of sulfone groups is 1. The molecule has 0 aliphatic carbocycles. The van der Waals surface area contributed by atoms with Crippen LogP contribution in [0.1, 0.15) is 6.42 Å². The summed E-state index contributed by atoms with van der Waals surface area (Å²) in [4.78, 5) is 4.40. The molecule has 4 nitrogen and oxygen atoms in total. The predicted octanol–water partition coefficient (Wildman–Crippen LogP) is 2.14. The maximum Gasteiger partial charge on any atom is 0.183 e. The molecule has 17 heavy (non-hydrogen) atoms. The zero-order valence-electron chi connectivity index (χ0n) is 9.51. The Morgan fingerprint density at radius 1 is 1.35 bits per heavy atom. The van der Waals surface area contributed by atoms with Crippen LogP contribution in [0.2, 0.25) is 0 Å². The summed E-state index contributed by atoms with van der Waals surface area (Å²) in [6.07, 6.45) is 1.86. The first-order valence-corrected chi connectivity index (χ1v) is 8.19. The molecule has 92 valence electrons. The van der Waals surface area contributed by atoms with E-state index in [0.717, 1.165) is 15.3 Å². The fourth-order valence-corrected chi connectivity index (χ4v) is 3.04. The van der Waals surface area contributed by atoms with Gasteiger partial charge in [-0.05, 0) is 18.6 Å². The molecular weight excluding hydrogens is 256 g/mol. The van der Waals surface area contributed by atoms with Gasteiger partial charge in [0.1, 0.15) is 9.84 Å². The Hall–Kier alpha value is -1.14. The number of aromatic nitrogens is 1. The third-order valence-electron chi connectivity index (χ3n) is 2.26. The molecule has 2 aromatic rings. The van der Waals surface area contributed by atoms with Crippen molar-refractivity contribution in [3.63, 3.8) is 0 Å². The molecule has 1 heterocycles. The third-order valence-corrected chi connectivity index (χ3v) is 4.29. The summed E-state index contributed by atoms with van der Waals surface area (Å²) in [5.74, 6) is 0.213. The third kappa shape index (κ3) is 3.67. The first-order valence-electron chi connectivity index (χ1n) is 5.32. The van der Waals surface area contributed by atoms with E-state index >= 15 is 0 Å². The molecule has 0 fully saturated rings. The van der Waals surface area contributed by atoms with Gasteiger partial charge in [0, 0.05) is 12.8 Å². The van der Waals surface area contributed by atoms with Crippen LogP contribution in [-0.4, -0.2) is 32.0 Å². The highest BCUT2D eigenvalue weighted by Crippen LogP contribution is 2.25. The summed E-state index contributed by atoms with van der Waals surface area (Å²) < 4.78 is 23.0. The van der Waals surface area contributed by atoms with Gasteiger partial charge in [-0.3, -0.25) is 0 Å². The molecule has 0 bridgehead atoms. The van der Waals surface area contributed by atoms with Crippen molar-refractivity contribution in [2.75, 3.05) is 23.9 Å². The standard InChI is InChI=1S/C11H14N2O2S2/c1-17(14,15)8-4-7-12-11-13-9-5-2-3-6-10(9)16-11/h2-3,5-6H,4,7-8H2,1H3,(H,12,13). The maximum atomic E-state index is 10.9. The second-order valence-corrected chi connectivity index (χ2v) is 7.19. The van der Waals surface area contributed by atoms with E-state index in [1.165, 1.54) is 6.26 Å². The van der Waals surface area contributed by atoms with Gasteiger partial charge in [-0.25, -0.2) is 13.4 Å². The average Bonchev–Trinajstić information content (AvgIpc) is 2.65. The molecule has 2 rings (SSSR count). The normalized spacial score (nSPS) is 11.8. The monoisotopic (exact) mass is 270 g/mol. The van der Waals surface area contributed by atoms with Gasteiger partial charge in [-0.2, -0.15) is 0 Å². The van der Waals surface area contributed by atoms with Crippen LogP contribution < -0.4 is 5.32 Å². The Kier molecular flexibility index (Phi) is 3.63. The van der Waals surface area contributed by atoms with E-state index in [-0.39, 0.29) is 5.75 Å². The van der Waals surface area contributed by atoms with E-state index in [4.69, 9.17) is 0 Å². The molecule has 0 saturated carbocycles. The highest BCUT2D eigenvalue weighted by molar-refractivity contribution is 7.90. The van der Waals surface area contributed by atoms with Crippen LogP contribution in [0, 0.1) is 0 Å². The van der Waals surface area contributed by atoms with E-state index in [9.17, 15) is 8.42 Å². The topological polar surface area (TPSA) is 59.1 Å². The van der Waals surface area contributed by atoms with Crippen molar-refractivity contribution in [3.05, 3.63) is 24.3 Å². The first-order chi connectivity index (χ1) is 8.04. The number of nitrogens with zero attached hydrogens (tertiary/aromatic N) is 1. The number of rotatable bonds is 5. The number of thiazole rings is 1. The number of fused-ring (bicyclic) bond motifs is 1. The second kappa shape index (κ2) is 5.01. The smallest absolute Gasteiger partial charge is 0.183 e. The lowest BCUT2D eigenvalue weighted by Crippen LogP contribution is -2.09. The first kappa shape index (κ1) is 12.3. The molecule has 6 heteroatoms. The molecule has 0 atom stereocenters. The summed E-state index contributed by atoms with van der Waals surface area (Å²) in [6, 6.07) is 7.92. The van der Waals surface area contributed by atoms with Crippen molar-refractivity contribution < 1.29 is 8.42 Å². The summed E-state index contributed by atoms with van der Waals surface area (Å²) in [5, 5.41) is 4.00. The lowest BCUT2D eigenvalue weighted by atomic mass is 10.3. The fourth-order valence-electron chi connectivity index (χ4n) is 1.48. The van der Waals surface area contributed by atoms with Gasteiger partial charge in [-0.15, -0.1) is 0 Å². The molecular formula is C11H14N2O2S2. The van der Waals surface area contributed by atoms with E-state index in [1.54, 1.807) is 11.3 Å². The number of benzene rings is 1. The molecule has 0 saturated heterocycles. The summed E-state index contributed by atoms with van der Waals surface area (Å²) in [5.41, 5.74) is 0.975. The van der Waals surface area contributed by atoms with Crippen molar-refractivity contribution in [1.82, 2.24) is 4.98 Å². The minimum Gasteiger partial charge on any atom is -0.361 e. The molecule has 0 radical (unpaired) electrons. The fraction of sp³-hybridized carbons (Fsp3) is 0.364. The lowest BCUT2D eigenvalue weighted by molar-refractivity contribution is 0.600. The molecule has 1 aromatic carbocycles. The largest absolute Gasteiger partial charge is 0.361 e. The molecule has 0 unspecified atom stereocenters. The van der Waals surface area contributed by atoms with Crippen molar-refractivity contribution in [1.29, 1.82) is 0 Å². The summed E-state index contributed by atoms with van der Waals surface area (Å²) in [6.45, 7) is 0.632. The lowest BCUT2D eigenvalue weighted by Gasteiger charge is -2.00. The average molecular weight is 270 g/mol. The minimum atomic E-state index is -2.86. The number of hydrogen-bond acceptors (Lipinski definition) is 5. The summed E-state index contributed by atoms with van der Waals surface area (Å²) >= 11 is 1.58. The Balaban J connectivity index is 1.91. The Morgan fingerprint density at radius 3 is 2.82 bits per heavy atom. The zero-order valence-corrected chi connectivity index (χ0v) is 11.1. The van der Waals surface area contributed by atoms with E-state index in [0.29, 0.717) is 13.0 Å². The van der Waals surface area contributed by atoms with Gasteiger partial charge in [-0.1, -0.05) is 23.5 Å². The number of para-hydroxylation sites is 1. The Morgan fingerprint density at radius 2 is 2.12 bits per heavy atom. The molecule has 1 aromatic heterocycles. The van der Waals surface area contributed by atoms with Crippen LogP contribution in [0.15, 0.2) is 24.3 Å². The SMILES string of the molecule is CS(=O)(=O)CCCNc1nc2ccccc2s1. The molecule has 0 amide bonds. The minimum absolute atomic E-state index is 0.213. The van der Waals surface area contributed by atoms with Crippen molar-refractivity contribution >= 4 is 36.5 Å². The van der Waals surface area contributed by atoms with E-state index in [2.05, 4.69) is 10.3 Å². The molecule has 1 N–H and O–H groups in total. The van der Waals surface area contributed by atoms with Gasteiger partial charge in [0.15, 0.2) is 5.13 Å². The second-order valence-electron chi connectivity index (χ2n) is 3.90. The number of anilines is 1. The van der Waals surface area contributed by atoms with Crippen molar-refractivity contribution in [2.45, 2.75) is 6.42 Å². The van der Waals surface area contributed by atoms with Gasteiger partial charge in [0.05, 0.1) is 16.0 Å². The van der Waals surface area contributed by atoms with Crippen LogP contribution in [0.25, 0.3) is 10.2 Å². The number of nitrogens with one attached hydrogen (secondary N) is 1. The summed E-state index contributed by atoms with van der Waals surface area (Å²) in [7, 11) is -2.86. The molecule has 0 aliphatic heterocycles. The van der Waals surface area contributed by atoms with Gasteiger partial charge < -0.3 is 5.32 Å². The molecule has 0 aliphatic rings. The van der Waals surface area contributed by atoms with Gasteiger partial charge >= 0.3 is 0 Å². The van der Waals surface area contributed by atoms with Crippen LogP contribution in [0.4, 0.5) is 5.13 Å². The Labute approximate surface area is 105 Å². The highest BCUT2D eigenvalue weighted by atomic mass is 32.2. The van der Waals surface area contributed by atoms with E-state index in [1.807, 2.05) is 24.3 Å². The quantitative estimate of drug-likeness (QED) is 0.846. The van der Waals surface area contributed by atoms with Gasteiger partial charge in [0.2, 0.25) is 0 Å². The van der Waals surface area contributed by atoms with E-state index < -0.39 is 9.84 Å². The highest BCUT2D eigenvalue weighted by Gasteiger charge is 2.04. The number of hydrogen-bond donors (Lipinski definition) is 1. The van der Waals surface area contributed by atoms with Crippen LogP contribution in [0.3, 0.4) is 0 Å². The van der Waals surface area contributed by atoms with Crippen LogP contribution in [0.5, 0.6) is 0 Å². The van der Waals surface area contributed by atoms with Gasteiger partial charge in [0.25, 0.3) is 0 Å². The van der Waals surface area contributed by atoms with Crippen LogP contribution >= 0.6 is 11.3 Å². The Bertz CT molecular complexity index is 572. The predicted molar refractivity (Wildman–Crippen MR) is 72.4 cm³/mol. The zero-order chi connectivity index (χ0) is 12.3.